The zero-order valence-corrected chi connectivity index (χ0v) is 13.1. The van der Waals surface area contributed by atoms with Crippen molar-refractivity contribution in [1.82, 2.24) is 10.6 Å². The first-order chi connectivity index (χ1) is 11.3. The lowest BCUT2D eigenvalue weighted by Crippen LogP contribution is -2.37. The van der Waals surface area contributed by atoms with E-state index < -0.39 is 0 Å². The number of carbonyl (C=O) groups is 1. The van der Waals surface area contributed by atoms with Gasteiger partial charge in [-0.05, 0) is 44.1 Å². The molecule has 0 bridgehead atoms. The van der Waals surface area contributed by atoms with Crippen molar-refractivity contribution in [3.63, 3.8) is 0 Å². The van der Waals surface area contributed by atoms with Crippen LogP contribution in [0.1, 0.15) is 18.4 Å². The number of nitrogens with one attached hydrogen (secondary N) is 2. The van der Waals surface area contributed by atoms with Gasteiger partial charge in [0, 0.05) is 18.0 Å². The molecule has 1 heterocycles. The smallest absolute Gasteiger partial charge is 0.223 e. The highest BCUT2D eigenvalue weighted by molar-refractivity contribution is 5.78. The quantitative estimate of drug-likeness (QED) is 0.892. The Hall–Kier alpha value is -2.33. The number of para-hydroxylation sites is 2. The summed E-state index contributed by atoms with van der Waals surface area (Å²) < 4.78 is 5.93. The molecule has 0 aliphatic carbocycles. The molecule has 1 aliphatic heterocycles. The standard InChI is InChI=1S/C19H22N2O2/c22-19(15-10-12-20-13-11-15)21-14-16-6-4-5-9-18(16)23-17-7-2-1-3-8-17/h1-9,15,20H,10-14H2,(H,21,22). The fourth-order valence-electron chi connectivity index (χ4n) is 2.78. The summed E-state index contributed by atoms with van der Waals surface area (Å²) in [6.45, 7) is 2.34. The number of hydrogen-bond donors (Lipinski definition) is 2. The van der Waals surface area contributed by atoms with E-state index in [1.807, 2.05) is 54.6 Å². The van der Waals surface area contributed by atoms with Crippen molar-refractivity contribution in [1.29, 1.82) is 0 Å². The minimum Gasteiger partial charge on any atom is -0.457 e. The van der Waals surface area contributed by atoms with Crippen LogP contribution < -0.4 is 15.4 Å². The highest BCUT2D eigenvalue weighted by Crippen LogP contribution is 2.25. The highest BCUT2D eigenvalue weighted by atomic mass is 16.5. The average Bonchev–Trinajstić information content (AvgIpc) is 2.62. The maximum atomic E-state index is 12.3. The molecule has 0 radical (unpaired) electrons. The second kappa shape index (κ2) is 7.79. The van der Waals surface area contributed by atoms with Gasteiger partial charge in [0.15, 0.2) is 0 Å². The summed E-state index contributed by atoms with van der Waals surface area (Å²) in [7, 11) is 0. The molecule has 2 aromatic carbocycles. The molecule has 1 amide bonds. The summed E-state index contributed by atoms with van der Waals surface area (Å²) >= 11 is 0. The first kappa shape index (κ1) is 15.6. The molecule has 2 N–H and O–H groups in total. The van der Waals surface area contributed by atoms with Crippen LogP contribution >= 0.6 is 0 Å². The van der Waals surface area contributed by atoms with Crippen LogP contribution in [0.4, 0.5) is 0 Å². The summed E-state index contributed by atoms with van der Waals surface area (Å²) in [4.78, 5) is 12.3. The van der Waals surface area contributed by atoms with Gasteiger partial charge in [-0.1, -0.05) is 36.4 Å². The van der Waals surface area contributed by atoms with Crippen molar-refractivity contribution in [2.24, 2.45) is 5.92 Å². The zero-order chi connectivity index (χ0) is 15.9. The van der Waals surface area contributed by atoms with E-state index in [1.54, 1.807) is 0 Å². The molecule has 23 heavy (non-hydrogen) atoms. The van der Waals surface area contributed by atoms with Gasteiger partial charge in [0.25, 0.3) is 0 Å². The number of rotatable bonds is 5. The first-order valence-corrected chi connectivity index (χ1v) is 8.12. The van der Waals surface area contributed by atoms with Crippen molar-refractivity contribution in [3.05, 3.63) is 60.2 Å². The van der Waals surface area contributed by atoms with Crippen molar-refractivity contribution < 1.29 is 9.53 Å². The first-order valence-electron chi connectivity index (χ1n) is 8.12. The van der Waals surface area contributed by atoms with Gasteiger partial charge in [-0.2, -0.15) is 0 Å². The normalized spacial score (nSPS) is 15.1. The highest BCUT2D eigenvalue weighted by Gasteiger charge is 2.20. The molecule has 4 nitrogen and oxygen atoms in total. The van der Waals surface area contributed by atoms with Crippen molar-refractivity contribution in [3.8, 4) is 11.5 Å². The van der Waals surface area contributed by atoms with Crippen LogP contribution in [0.2, 0.25) is 0 Å². The Morgan fingerprint density at radius 3 is 2.52 bits per heavy atom. The topological polar surface area (TPSA) is 50.4 Å². The SMILES string of the molecule is O=C(NCc1ccccc1Oc1ccccc1)C1CCNCC1. The predicted octanol–water partition coefficient (Wildman–Crippen LogP) is 3.09. The average molecular weight is 310 g/mol. The molecule has 1 fully saturated rings. The molecule has 0 spiro atoms. The third-order valence-electron chi connectivity index (χ3n) is 4.11. The van der Waals surface area contributed by atoms with E-state index in [1.165, 1.54) is 0 Å². The molecule has 2 aromatic rings. The van der Waals surface area contributed by atoms with Crippen molar-refractivity contribution in [2.75, 3.05) is 13.1 Å². The lowest BCUT2D eigenvalue weighted by Gasteiger charge is -2.22. The molecule has 1 saturated heterocycles. The van der Waals surface area contributed by atoms with Crippen LogP contribution in [-0.4, -0.2) is 19.0 Å². The summed E-state index contributed by atoms with van der Waals surface area (Å²) in [6.07, 6.45) is 1.82. The maximum absolute atomic E-state index is 12.3. The van der Waals surface area contributed by atoms with Crippen LogP contribution in [-0.2, 0) is 11.3 Å². The van der Waals surface area contributed by atoms with Gasteiger partial charge in [0.2, 0.25) is 5.91 Å². The fourth-order valence-corrected chi connectivity index (χ4v) is 2.78. The summed E-state index contributed by atoms with van der Waals surface area (Å²) in [5.74, 6) is 1.84. The van der Waals surface area contributed by atoms with E-state index in [0.29, 0.717) is 6.54 Å². The Balaban J connectivity index is 1.62. The molecule has 0 atom stereocenters. The lowest BCUT2D eigenvalue weighted by atomic mass is 9.97. The van der Waals surface area contributed by atoms with Crippen LogP contribution in [0.5, 0.6) is 11.5 Å². The van der Waals surface area contributed by atoms with E-state index in [2.05, 4.69) is 10.6 Å². The van der Waals surface area contributed by atoms with E-state index in [9.17, 15) is 4.79 Å². The van der Waals surface area contributed by atoms with Gasteiger partial charge in [-0.3, -0.25) is 4.79 Å². The Labute approximate surface area is 136 Å². The number of piperidine rings is 1. The number of ether oxygens (including phenoxy) is 1. The monoisotopic (exact) mass is 310 g/mol. The summed E-state index contributed by atoms with van der Waals surface area (Å²) in [5.41, 5.74) is 0.985. The Kier molecular flexibility index (Phi) is 5.27. The van der Waals surface area contributed by atoms with Crippen LogP contribution in [0, 0.1) is 5.92 Å². The number of hydrogen-bond acceptors (Lipinski definition) is 3. The van der Waals surface area contributed by atoms with Gasteiger partial charge in [-0.15, -0.1) is 0 Å². The van der Waals surface area contributed by atoms with Crippen molar-refractivity contribution in [2.45, 2.75) is 19.4 Å². The minimum absolute atomic E-state index is 0.124. The van der Waals surface area contributed by atoms with E-state index >= 15 is 0 Å². The number of carbonyl (C=O) groups excluding carboxylic acids is 1. The lowest BCUT2D eigenvalue weighted by molar-refractivity contribution is -0.125. The molecule has 4 heteroatoms. The molecule has 0 saturated carbocycles. The zero-order valence-electron chi connectivity index (χ0n) is 13.1. The van der Waals surface area contributed by atoms with E-state index in [-0.39, 0.29) is 11.8 Å². The second-order valence-electron chi connectivity index (χ2n) is 5.76. The van der Waals surface area contributed by atoms with Gasteiger partial charge >= 0.3 is 0 Å². The van der Waals surface area contributed by atoms with Crippen molar-refractivity contribution >= 4 is 5.91 Å². The third-order valence-corrected chi connectivity index (χ3v) is 4.11. The predicted molar refractivity (Wildman–Crippen MR) is 90.4 cm³/mol. The van der Waals surface area contributed by atoms with Gasteiger partial charge in [0.05, 0.1) is 0 Å². The molecule has 120 valence electrons. The second-order valence-corrected chi connectivity index (χ2v) is 5.76. The number of amides is 1. The molecular formula is C19H22N2O2. The molecule has 0 unspecified atom stereocenters. The van der Waals surface area contributed by atoms with Crippen LogP contribution in [0.3, 0.4) is 0 Å². The van der Waals surface area contributed by atoms with Crippen LogP contribution in [0.15, 0.2) is 54.6 Å². The van der Waals surface area contributed by atoms with Gasteiger partial charge < -0.3 is 15.4 Å². The fraction of sp³-hybridized carbons (Fsp3) is 0.316. The molecule has 1 aliphatic rings. The van der Waals surface area contributed by atoms with E-state index in [0.717, 1.165) is 43.0 Å². The summed E-state index contributed by atoms with van der Waals surface area (Å²) in [5, 5.41) is 6.33. The number of benzene rings is 2. The van der Waals surface area contributed by atoms with Gasteiger partial charge in [-0.25, -0.2) is 0 Å². The molecule has 3 rings (SSSR count). The Morgan fingerprint density at radius 2 is 1.74 bits per heavy atom. The van der Waals surface area contributed by atoms with Crippen LogP contribution in [0.25, 0.3) is 0 Å². The maximum Gasteiger partial charge on any atom is 0.223 e. The van der Waals surface area contributed by atoms with E-state index in [4.69, 9.17) is 4.74 Å². The Bertz CT molecular complexity index is 637. The largest absolute Gasteiger partial charge is 0.457 e. The van der Waals surface area contributed by atoms with Gasteiger partial charge in [0.1, 0.15) is 11.5 Å². The third kappa shape index (κ3) is 4.33. The summed E-state index contributed by atoms with van der Waals surface area (Å²) in [6, 6.07) is 17.5. The molecule has 0 aromatic heterocycles. The minimum atomic E-state index is 0.124. The Morgan fingerprint density at radius 1 is 1.04 bits per heavy atom. The molecular weight excluding hydrogens is 288 g/mol.